The molecule has 0 amide bonds. The molecule has 21 heavy (non-hydrogen) atoms. The van der Waals surface area contributed by atoms with Crippen molar-refractivity contribution < 1.29 is 13.2 Å². The van der Waals surface area contributed by atoms with E-state index in [2.05, 4.69) is 14.9 Å². The van der Waals surface area contributed by atoms with Gasteiger partial charge in [-0.1, -0.05) is 0 Å². The van der Waals surface area contributed by atoms with Crippen LogP contribution in [0.15, 0.2) is 23.4 Å². The molecule has 0 bridgehead atoms. The summed E-state index contributed by atoms with van der Waals surface area (Å²) >= 11 is 0. The summed E-state index contributed by atoms with van der Waals surface area (Å²) < 4.78 is 34.0. The highest BCUT2D eigenvalue weighted by Gasteiger charge is 2.21. The summed E-state index contributed by atoms with van der Waals surface area (Å²) in [5.74, 6) is 0.741. The van der Waals surface area contributed by atoms with Crippen molar-refractivity contribution in [1.29, 1.82) is 0 Å². The van der Waals surface area contributed by atoms with Gasteiger partial charge in [-0.15, -0.1) is 10.2 Å². The Morgan fingerprint density at radius 3 is 2.71 bits per heavy atom. The van der Waals surface area contributed by atoms with Crippen LogP contribution in [0.2, 0.25) is 0 Å². The van der Waals surface area contributed by atoms with Crippen molar-refractivity contribution in [2.24, 2.45) is 7.05 Å². The third kappa shape index (κ3) is 3.14. The van der Waals surface area contributed by atoms with Gasteiger partial charge in [-0.25, -0.2) is 13.1 Å². The standard InChI is InChI=1S/C12H17N5O3S/c1-8-4-10(20-3)11(5-9(8)13)21(18,19)15-6-12-16-14-7-17(12)2/h4-5,7,15H,6,13H2,1-3H3. The van der Waals surface area contributed by atoms with Crippen LogP contribution in [0.1, 0.15) is 11.4 Å². The van der Waals surface area contributed by atoms with Crippen molar-refractivity contribution in [1.82, 2.24) is 19.5 Å². The monoisotopic (exact) mass is 311 g/mol. The van der Waals surface area contributed by atoms with Gasteiger partial charge in [-0.05, 0) is 24.6 Å². The zero-order valence-electron chi connectivity index (χ0n) is 12.0. The highest BCUT2D eigenvalue weighted by molar-refractivity contribution is 7.89. The minimum atomic E-state index is -3.77. The summed E-state index contributed by atoms with van der Waals surface area (Å²) in [4.78, 5) is -0.00438. The van der Waals surface area contributed by atoms with E-state index in [1.807, 2.05) is 0 Å². The van der Waals surface area contributed by atoms with Crippen LogP contribution in [0.5, 0.6) is 5.75 Å². The van der Waals surface area contributed by atoms with E-state index < -0.39 is 10.0 Å². The number of ether oxygens (including phenoxy) is 1. The average molecular weight is 311 g/mol. The molecule has 0 aliphatic carbocycles. The fourth-order valence-corrected chi connectivity index (χ4v) is 2.92. The molecule has 1 aromatic heterocycles. The van der Waals surface area contributed by atoms with Gasteiger partial charge < -0.3 is 15.0 Å². The van der Waals surface area contributed by atoms with E-state index in [0.29, 0.717) is 11.5 Å². The third-order valence-electron chi connectivity index (χ3n) is 3.07. The molecule has 0 fully saturated rings. The molecule has 0 saturated heterocycles. The number of aryl methyl sites for hydroxylation is 2. The largest absolute Gasteiger partial charge is 0.495 e. The topological polar surface area (TPSA) is 112 Å². The third-order valence-corrected chi connectivity index (χ3v) is 4.49. The zero-order chi connectivity index (χ0) is 15.6. The molecule has 1 aromatic carbocycles. The predicted molar refractivity (Wildman–Crippen MR) is 77.2 cm³/mol. The normalized spacial score (nSPS) is 11.6. The Morgan fingerprint density at radius 2 is 2.14 bits per heavy atom. The maximum absolute atomic E-state index is 12.4. The van der Waals surface area contributed by atoms with Crippen molar-refractivity contribution in [3.8, 4) is 5.75 Å². The van der Waals surface area contributed by atoms with Gasteiger partial charge in [0.1, 0.15) is 22.8 Å². The van der Waals surface area contributed by atoms with E-state index in [1.54, 1.807) is 24.6 Å². The Hall–Kier alpha value is -2.13. The van der Waals surface area contributed by atoms with E-state index in [-0.39, 0.29) is 17.2 Å². The number of hydrogen-bond acceptors (Lipinski definition) is 6. The van der Waals surface area contributed by atoms with Crippen LogP contribution in [0.3, 0.4) is 0 Å². The number of nitrogens with zero attached hydrogens (tertiary/aromatic N) is 3. The number of aromatic nitrogens is 3. The SMILES string of the molecule is COc1cc(C)c(N)cc1S(=O)(=O)NCc1nncn1C. The molecule has 2 aromatic rings. The molecule has 2 rings (SSSR count). The molecule has 8 nitrogen and oxygen atoms in total. The van der Waals surface area contributed by atoms with Gasteiger partial charge in [0.15, 0.2) is 0 Å². The Balaban J connectivity index is 2.31. The summed E-state index contributed by atoms with van der Waals surface area (Å²) in [7, 11) is -0.632. The van der Waals surface area contributed by atoms with E-state index in [4.69, 9.17) is 10.5 Å². The summed E-state index contributed by atoms with van der Waals surface area (Å²) in [6.07, 6.45) is 1.49. The average Bonchev–Trinajstić information content (AvgIpc) is 2.84. The first-order valence-electron chi connectivity index (χ1n) is 6.12. The first kappa shape index (κ1) is 15.3. The second-order valence-corrected chi connectivity index (χ2v) is 6.28. The highest BCUT2D eigenvalue weighted by Crippen LogP contribution is 2.28. The minimum absolute atomic E-state index is 0.00438. The molecule has 0 saturated carbocycles. The molecular weight excluding hydrogens is 294 g/mol. The Kier molecular flexibility index (Phi) is 4.14. The molecule has 9 heteroatoms. The van der Waals surface area contributed by atoms with Crippen molar-refractivity contribution in [3.63, 3.8) is 0 Å². The van der Waals surface area contributed by atoms with Gasteiger partial charge in [0, 0.05) is 12.7 Å². The highest BCUT2D eigenvalue weighted by atomic mass is 32.2. The molecule has 0 spiro atoms. The van der Waals surface area contributed by atoms with Gasteiger partial charge in [-0.2, -0.15) is 0 Å². The quantitative estimate of drug-likeness (QED) is 0.762. The number of nitrogen functional groups attached to an aromatic ring is 1. The lowest BCUT2D eigenvalue weighted by atomic mass is 10.2. The summed E-state index contributed by atoms with van der Waals surface area (Å²) in [6, 6.07) is 2.97. The summed E-state index contributed by atoms with van der Waals surface area (Å²) in [5.41, 5.74) is 6.91. The summed E-state index contributed by atoms with van der Waals surface area (Å²) in [6.45, 7) is 1.80. The number of hydrogen-bond donors (Lipinski definition) is 2. The lowest BCUT2D eigenvalue weighted by Crippen LogP contribution is -2.25. The Bertz CT molecular complexity index is 754. The van der Waals surface area contributed by atoms with E-state index in [1.165, 1.54) is 19.5 Å². The fourth-order valence-electron chi connectivity index (χ4n) is 1.75. The van der Waals surface area contributed by atoms with Crippen LogP contribution in [-0.4, -0.2) is 30.3 Å². The smallest absolute Gasteiger partial charge is 0.244 e. The molecular formula is C12H17N5O3S. The van der Waals surface area contributed by atoms with E-state index in [0.717, 1.165) is 5.56 Å². The van der Waals surface area contributed by atoms with E-state index >= 15 is 0 Å². The molecule has 0 atom stereocenters. The van der Waals surface area contributed by atoms with Crippen molar-refractivity contribution in [2.45, 2.75) is 18.4 Å². The van der Waals surface area contributed by atoms with Crippen LogP contribution in [0.4, 0.5) is 5.69 Å². The number of rotatable bonds is 5. The van der Waals surface area contributed by atoms with Gasteiger partial charge in [0.25, 0.3) is 0 Å². The molecule has 114 valence electrons. The number of nitrogens with two attached hydrogens (primary N) is 1. The number of methoxy groups -OCH3 is 1. The second-order valence-electron chi connectivity index (χ2n) is 4.54. The van der Waals surface area contributed by atoms with Crippen molar-refractivity contribution >= 4 is 15.7 Å². The van der Waals surface area contributed by atoms with Gasteiger partial charge in [0.2, 0.25) is 10.0 Å². The van der Waals surface area contributed by atoms with Crippen LogP contribution in [-0.2, 0) is 23.6 Å². The molecule has 0 aliphatic heterocycles. The van der Waals surface area contributed by atoms with Gasteiger partial charge >= 0.3 is 0 Å². The Labute approximate surface area is 123 Å². The number of anilines is 1. The fraction of sp³-hybridized carbons (Fsp3) is 0.333. The van der Waals surface area contributed by atoms with Crippen molar-refractivity contribution in [3.05, 3.63) is 29.8 Å². The van der Waals surface area contributed by atoms with Crippen LogP contribution in [0.25, 0.3) is 0 Å². The maximum atomic E-state index is 12.4. The molecule has 0 radical (unpaired) electrons. The maximum Gasteiger partial charge on any atom is 0.244 e. The number of nitrogens with one attached hydrogen (secondary N) is 1. The van der Waals surface area contributed by atoms with Gasteiger partial charge in [0.05, 0.1) is 13.7 Å². The predicted octanol–water partition coefficient (Wildman–Crippen LogP) is 0.193. The van der Waals surface area contributed by atoms with Crippen LogP contribution < -0.4 is 15.2 Å². The van der Waals surface area contributed by atoms with E-state index in [9.17, 15) is 8.42 Å². The number of sulfonamides is 1. The molecule has 0 unspecified atom stereocenters. The zero-order valence-corrected chi connectivity index (χ0v) is 12.8. The molecule has 3 N–H and O–H groups in total. The second kappa shape index (κ2) is 5.70. The number of benzene rings is 1. The van der Waals surface area contributed by atoms with Crippen molar-refractivity contribution in [2.75, 3.05) is 12.8 Å². The molecule has 1 heterocycles. The lowest BCUT2D eigenvalue weighted by molar-refractivity contribution is 0.402. The lowest BCUT2D eigenvalue weighted by Gasteiger charge is -2.12. The minimum Gasteiger partial charge on any atom is -0.495 e. The first-order chi connectivity index (χ1) is 9.85. The van der Waals surface area contributed by atoms with Crippen LogP contribution in [0, 0.1) is 6.92 Å². The van der Waals surface area contributed by atoms with Crippen LogP contribution >= 0.6 is 0 Å². The first-order valence-corrected chi connectivity index (χ1v) is 7.60. The molecule has 0 aliphatic rings. The summed E-state index contributed by atoms with van der Waals surface area (Å²) in [5, 5.41) is 7.50. The van der Waals surface area contributed by atoms with Gasteiger partial charge in [-0.3, -0.25) is 0 Å². The Morgan fingerprint density at radius 1 is 1.43 bits per heavy atom.